The molecule has 1 amide bonds. The van der Waals surface area contributed by atoms with Crippen molar-refractivity contribution in [1.82, 2.24) is 4.90 Å². The number of rotatable bonds is 9. The Bertz CT molecular complexity index is 789. The highest BCUT2D eigenvalue weighted by Gasteiger charge is 2.31. The Morgan fingerprint density at radius 2 is 2.15 bits per heavy atom. The lowest BCUT2D eigenvalue weighted by molar-refractivity contribution is -0.127. The van der Waals surface area contributed by atoms with Crippen molar-refractivity contribution in [2.24, 2.45) is 0 Å². The molecule has 1 aromatic carbocycles. The molecule has 1 aromatic heterocycles. The lowest BCUT2D eigenvalue weighted by Crippen LogP contribution is -2.30. The van der Waals surface area contributed by atoms with Crippen molar-refractivity contribution in [2.45, 2.75) is 39.0 Å². The fourth-order valence-electron chi connectivity index (χ4n) is 2.70. The van der Waals surface area contributed by atoms with Gasteiger partial charge < -0.3 is 14.4 Å². The zero-order chi connectivity index (χ0) is 19.2. The first-order chi connectivity index (χ1) is 13.1. The van der Waals surface area contributed by atoms with E-state index in [1.54, 1.807) is 36.5 Å². The molecule has 0 saturated heterocycles. The molecule has 0 aliphatic heterocycles. The van der Waals surface area contributed by atoms with Crippen LogP contribution in [0.5, 0.6) is 11.5 Å². The molecule has 1 saturated carbocycles. The summed E-state index contributed by atoms with van der Waals surface area (Å²) in [5.41, 5.74) is 0.681. The third kappa shape index (κ3) is 5.53. The average molecular weight is 393 g/mol. The molecule has 27 heavy (non-hydrogen) atoms. The number of carbonyl (C=O) groups is 1. The fraction of sp³-hybridized carbons (Fsp3) is 0.350. The monoisotopic (exact) mass is 393 g/mol. The smallest absolute Gasteiger partial charge is 0.387 e. The predicted molar refractivity (Wildman–Crippen MR) is 101 cm³/mol. The van der Waals surface area contributed by atoms with E-state index in [4.69, 9.17) is 4.74 Å². The second kappa shape index (κ2) is 8.99. The van der Waals surface area contributed by atoms with Gasteiger partial charge in [-0.15, -0.1) is 11.3 Å². The van der Waals surface area contributed by atoms with Crippen LogP contribution < -0.4 is 9.47 Å². The number of benzene rings is 1. The third-order valence-electron chi connectivity index (χ3n) is 4.08. The lowest BCUT2D eigenvalue weighted by atomic mass is 10.2. The van der Waals surface area contributed by atoms with Crippen LogP contribution in [-0.4, -0.2) is 30.1 Å². The summed E-state index contributed by atoms with van der Waals surface area (Å²) in [7, 11) is 0. The molecule has 1 fully saturated rings. The minimum Gasteiger partial charge on any atom is -0.490 e. The van der Waals surface area contributed by atoms with Gasteiger partial charge in [-0.1, -0.05) is 12.1 Å². The van der Waals surface area contributed by atoms with Gasteiger partial charge in [-0.25, -0.2) is 0 Å². The summed E-state index contributed by atoms with van der Waals surface area (Å²) in [6.07, 6.45) is 5.24. The van der Waals surface area contributed by atoms with Crippen LogP contribution in [0.1, 0.15) is 30.2 Å². The second-order valence-electron chi connectivity index (χ2n) is 6.13. The standard InChI is InChI=1S/C20H21F2NO3S/c1-2-25-18-12-14(5-9-17(18)26-20(21)22)6-10-19(24)23(15-7-8-15)13-16-4-3-11-27-16/h3-6,9-12,15,20H,2,7-8,13H2,1H3/b10-6+. The van der Waals surface area contributed by atoms with Gasteiger partial charge in [0.2, 0.25) is 5.91 Å². The number of hydrogen-bond donors (Lipinski definition) is 0. The van der Waals surface area contributed by atoms with E-state index in [2.05, 4.69) is 4.74 Å². The molecule has 2 aromatic rings. The molecule has 3 rings (SSSR count). The number of nitrogens with zero attached hydrogens (tertiary/aromatic N) is 1. The summed E-state index contributed by atoms with van der Waals surface area (Å²) in [4.78, 5) is 15.7. The van der Waals surface area contributed by atoms with Crippen molar-refractivity contribution in [2.75, 3.05) is 6.61 Å². The van der Waals surface area contributed by atoms with Crippen molar-refractivity contribution >= 4 is 23.3 Å². The summed E-state index contributed by atoms with van der Waals surface area (Å²) in [6, 6.07) is 8.92. The van der Waals surface area contributed by atoms with Crippen LogP contribution in [0, 0.1) is 0 Å². The van der Waals surface area contributed by atoms with E-state index in [1.807, 2.05) is 22.4 Å². The van der Waals surface area contributed by atoms with Crippen LogP contribution in [0.4, 0.5) is 8.78 Å². The van der Waals surface area contributed by atoms with Gasteiger partial charge in [0.1, 0.15) is 0 Å². The minimum atomic E-state index is -2.92. The van der Waals surface area contributed by atoms with E-state index in [-0.39, 0.29) is 17.4 Å². The predicted octanol–water partition coefficient (Wildman–Crippen LogP) is 4.95. The normalized spacial score (nSPS) is 13.9. The van der Waals surface area contributed by atoms with E-state index in [1.165, 1.54) is 12.1 Å². The Balaban J connectivity index is 1.71. The van der Waals surface area contributed by atoms with E-state index >= 15 is 0 Å². The van der Waals surface area contributed by atoms with Crippen LogP contribution in [0.3, 0.4) is 0 Å². The van der Waals surface area contributed by atoms with Crippen molar-refractivity contribution in [3.05, 3.63) is 52.2 Å². The summed E-state index contributed by atoms with van der Waals surface area (Å²) in [6.45, 7) is -0.230. The lowest BCUT2D eigenvalue weighted by Gasteiger charge is -2.20. The van der Waals surface area contributed by atoms with E-state index in [9.17, 15) is 13.6 Å². The van der Waals surface area contributed by atoms with Crippen LogP contribution in [-0.2, 0) is 11.3 Å². The van der Waals surface area contributed by atoms with Crippen molar-refractivity contribution < 1.29 is 23.0 Å². The molecule has 0 spiro atoms. The topological polar surface area (TPSA) is 38.8 Å². The molecule has 144 valence electrons. The molecule has 1 aliphatic carbocycles. The average Bonchev–Trinajstić information content (AvgIpc) is 3.35. The Kier molecular flexibility index (Phi) is 6.45. The molecule has 0 unspecified atom stereocenters. The first-order valence-electron chi connectivity index (χ1n) is 8.79. The first-order valence-corrected chi connectivity index (χ1v) is 9.67. The molecule has 0 atom stereocenters. The summed E-state index contributed by atoms with van der Waals surface area (Å²) in [5, 5.41) is 2.00. The second-order valence-corrected chi connectivity index (χ2v) is 7.16. The Morgan fingerprint density at radius 1 is 1.33 bits per heavy atom. The number of hydrogen-bond acceptors (Lipinski definition) is 4. The van der Waals surface area contributed by atoms with E-state index in [0.717, 1.165) is 17.7 Å². The number of amides is 1. The summed E-state index contributed by atoms with van der Waals surface area (Å²) in [5.74, 6) is 0.148. The summed E-state index contributed by atoms with van der Waals surface area (Å²) < 4.78 is 34.8. The van der Waals surface area contributed by atoms with Gasteiger partial charge in [0, 0.05) is 17.0 Å². The largest absolute Gasteiger partial charge is 0.490 e. The molecule has 1 heterocycles. The minimum absolute atomic E-state index is 0.0207. The number of thiophene rings is 1. The molecular weight excluding hydrogens is 372 g/mol. The molecular formula is C20H21F2NO3S. The quantitative estimate of drug-likeness (QED) is 0.566. The number of halogens is 2. The van der Waals surface area contributed by atoms with Gasteiger partial charge in [-0.3, -0.25) is 4.79 Å². The van der Waals surface area contributed by atoms with Gasteiger partial charge in [0.05, 0.1) is 13.2 Å². The zero-order valence-corrected chi connectivity index (χ0v) is 15.8. The zero-order valence-electron chi connectivity index (χ0n) is 14.9. The van der Waals surface area contributed by atoms with Crippen LogP contribution in [0.15, 0.2) is 41.8 Å². The molecule has 4 nitrogen and oxygen atoms in total. The number of ether oxygens (including phenoxy) is 2. The molecule has 0 bridgehead atoms. The Morgan fingerprint density at radius 3 is 2.78 bits per heavy atom. The maximum Gasteiger partial charge on any atom is 0.387 e. The van der Waals surface area contributed by atoms with Crippen molar-refractivity contribution in [3.8, 4) is 11.5 Å². The van der Waals surface area contributed by atoms with Crippen LogP contribution in [0.25, 0.3) is 6.08 Å². The first kappa shape index (κ1) is 19.4. The number of alkyl halides is 2. The number of carbonyl (C=O) groups excluding carboxylic acids is 1. The van der Waals surface area contributed by atoms with Gasteiger partial charge >= 0.3 is 6.61 Å². The van der Waals surface area contributed by atoms with Gasteiger partial charge in [-0.05, 0) is 55.0 Å². The molecule has 1 aliphatic rings. The van der Waals surface area contributed by atoms with Crippen LogP contribution >= 0.6 is 11.3 Å². The van der Waals surface area contributed by atoms with Gasteiger partial charge in [-0.2, -0.15) is 8.78 Å². The molecule has 0 radical (unpaired) electrons. The molecule has 0 N–H and O–H groups in total. The third-order valence-corrected chi connectivity index (χ3v) is 4.94. The van der Waals surface area contributed by atoms with E-state index < -0.39 is 6.61 Å². The maximum atomic E-state index is 12.6. The highest BCUT2D eigenvalue weighted by atomic mass is 32.1. The SMILES string of the molecule is CCOc1cc(/C=C/C(=O)N(Cc2cccs2)C2CC2)ccc1OC(F)F. The molecule has 7 heteroatoms. The summed E-state index contributed by atoms with van der Waals surface area (Å²) >= 11 is 1.63. The Hall–Kier alpha value is -2.41. The Labute approximate surface area is 161 Å². The van der Waals surface area contributed by atoms with Crippen LogP contribution in [0.2, 0.25) is 0 Å². The highest BCUT2D eigenvalue weighted by Crippen LogP contribution is 2.31. The van der Waals surface area contributed by atoms with E-state index in [0.29, 0.717) is 24.8 Å². The van der Waals surface area contributed by atoms with Crippen molar-refractivity contribution in [3.63, 3.8) is 0 Å². The van der Waals surface area contributed by atoms with Crippen molar-refractivity contribution in [1.29, 1.82) is 0 Å². The maximum absolute atomic E-state index is 12.6. The highest BCUT2D eigenvalue weighted by molar-refractivity contribution is 7.09. The van der Waals surface area contributed by atoms with Gasteiger partial charge in [0.25, 0.3) is 0 Å². The van der Waals surface area contributed by atoms with Gasteiger partial charge in [0.15, 0.2) is 11.5 Å². The fourth-order valence-corrected chi connectivity index (χ4v) is 3.40.